The van der Waals surface area contributed by atoms with Gasteiger partial charge in [0.15, 0.2) is 0 Å². The van der Waals surface area contributed by atoms with E-state index in [-0.39, 0.29) is 18.1 Å². The molecular formula is C10H13ClN2O3. The van der Waals surface area contributed by atoms with E-state index in [1.54, 1.807) is 19.1 Å². The van der Waals surface area contributed by atoms with Crippen molar-refractivity contribution in [2.24, 2.45) is 0 Å². The highest BCUT2D eigenvalue weighted by Crippen LogP contribution is 2.25. The number of rotatable bonds is 5. The molecule has 0 spiro atoms. The zero-order chi connectivity index (χ0) is 12.1. The van der Waals surface area contributed by atoms with Crippen molar-refractivity contribution in [3.63, 3.8) is 0 Å². The lowest BCUT2D eigenvalue weighted by atomic mass is 10.2. The number of aryl methyl sites for hydroxylation is 1. The van der Waals surface area contributed by atoms with E-state index >= 15 is 0 Å². The second kappa shape index (κ2) is 5.67. The van der Waals surface area contributed by atoms with Gasteiger partial charge in [0.05, 0.1) is 16.9 Å². The van der Waals surface area contributed by atoms with Crippen LogP contribution in [0.3, 0.4) is 0 Å². The van der Waals surface area contributed by atoms with Crippen molar-refractivity contribution in [3.8, 4) is 0 Å². The molecule has 16 heavy (non-hydrogen) atoms. The van der Waals surface area contributed by atoms with Crippen LogP contribution in [0.5, 0.6) is 0 Å². The summed E-state index contributed by atoms with van der Waals surface area (Å²) in [6.07, 6.45) is -0.720. The Bertz CT molecular complexity index is 384. The van der Waals surface area contributed by atoms with Crippen LogP contribution in [0, 0.1) is 17.0 Å². The first-order valence-electron chi connectivity index (χ1n) is 4.77. The van der Waals surface area contributed by atoms with E-state index in [4.69, 9.17) is 11.6 Å². The first kappa shape index (κ1) is 12.7. The summed E-state index contributed by atoms with van der Waals surface area (Å²) in [6.45, 7) is 1.97. The second-order valence-corrected chi connectivity index (χ2v) is 3.78. The van der Waals surface area contributed by atoms with E-state index in [1.165, 1.54) is 6.07 Å². The van der Waals surface area contributed by atoms with Crippen LogP contribution in [-0.2, 0) is 0 Å². The lowest BCUT2D eigenvalue weighted by Gasteiger charge is -2.10. The predicted octanol–water partition coefficient (Wildman–Crippen LogP) is 1.91. The smallest absolute Gasteiger partial charge is 0.292 e. The monoisotopic (exact) mass is 244 g/mol. The normalized spacial score (nSPS) is 12.2. The first-order valence-corrected chi connectivity index (χ1v) is 5.31. The quantitative estimate of drug-likeness (QED) is 0.471. The number of nitro groups is 1. The Morgan fingerprint density at radius 3 is 2.88 bits per heavy atom. The molecule has 0 bridgehead atoms. The molecule has 1 aromatic carbocycles. The SMILES string of the molecule is Cc1ccc(NCC(O)CCl)c([N+](=O)[O-])c1. The van der Waals surface area contributed by atoms with Gasteiger partial charge in [0.25, 0.3) is 5.69 Å². The molecule has 2 N–H and O–H groups in total. The topological polar surface area (TPSA) is 75.4 Å². The van der Waals surface area contributed by atoms with Crippen molar-refractivity contribution in [1.29, 1.82) is 0 Å². The highest BCUT2D eigenvalue weighted by Gasteiger charge is 2.14. The number of hydrogen-bond acceptors (Lipinski definition) is 4. The summed E-state index contributed by atoms with van der Waals surface area (Å²) in [4.78, 5) is 10.3. The molecule has 0 fully saturated rings. The van der Waals surface area contributed by atoms with Crippen molar-refractivity contribution in [2.45, 2.75) is 13.0 Å². The van der Waals surface area contributed by atoms with Crippen molar-refractivity contribution in [3.05, 3.63) is 33.9 Å². The summed E-state index contributed by atoms with van der Waals surface area (Å²) in [5, 5.41) is 22.8. The van der Waals surface area contributed by atoms with E-state index in [0.29, 0.717) is 5.69 Å². The molecule has 0 amide bonds. The summed E-state index contributed by atoms with van der Waals surface area (Å²) >= 11 is 5.42. The number of nitrogens with zero attached hydrogens (tertiary/aromatic N) is 1. The average Bonchev–Trinajstić information content (AvgIpc) is 2.26. The van der Waals surface area contributed by atoms with Gasteiger partial charge in [-0.1, -0.05) is 6.07 Å². The largest absolute Gasteiger partial charge is 0.390 e. The number of alkyl halides is 1. The van der Waals surface area contributed by atoms with Crippen LogP contribution in [0.25, 0.3) is 0 Å². The maximum absolute atomic E-state index is 10.8. The number of halogens is 1. The van der Waals surface area contributed by atoms with Crippen molar-refractivity contribution in [1.82, 2.24) is 0 Å². The van der Waals surface area contributed by atoms with Gasteiger partial charge in [0.2, 0.25) is 0 Å². The number of aliphatic hydroxyl groups excluding tert-OH is 1. The number of benzene rings is 1. The van der Waals surface area contributed by atoms with E-state index < -0.39 is 11.0 Å². The van der Waals surface area contributed by atoms with Gasteiger partial charge < -0.3 is 10.4 Å². The molecule has 0 saturated heterocycles. The van der Waals surface area contributed by atoms with Crippen molar-refractivity contribution >= 4 is 23.0 Å². The molecule has 0 aliphatic carbocycles. The van der Waals surface area contributed by atoms with E-state index in [9.17, 15) is 15.2 Å². The minimum absolute atomic E-state index is 0.00164. The maximum Gasteiger partial charge on any atom is 0.292 e. The van der Waals surface area contributed by atoms with E-state index in [0.717, 1.165) is 5.56 Å². The van der Waals surface area contributed by atoms with Gasteiger partial charge >= 0.3 is 0 Å². The number of hydrogen-bond donors (Lipinski definition) is 2. The number of anilines is 1. The Hall–Kier alpha value is -1.33. The maximum atomic E-state index is 10.8. The molecule has 0 aromatic heterocycles. The third kappa shape index (κ3) is 3.36. The third-order valence-electron chi connectivity index (χ3n) is 2.06. The molecule has 1 aromatic rings. The van der Waals surface area contributed by atoms with Crippen LogP contribution < -0.4 is 5.32 Å². The lowest BCUT2D eigenvalue weighted by molar-refractivity contribution is -0.384. The third-order valence-corrected chi connectivity index (χ3v) is 2.41. The van der Waals surface area contributed by atoms with E-state index in [1.807, 2.05) is 0 Å². The molecule has 88 valence electrons. The first-order chi connectivity index (χ1) is 7.54. The van der Waals surface area contributed by atoms with Crippen LogP contribution >= 0.6 is 11.6 Å². The molecule has 1 rings (SSSR count). The average molecular weight is 245 g/mol. The van der Waals surface area contributed by atoms with Gasteiger partial charge in [-0.3, -0.25) is 10.1 Å². The van der Waals surface area contributed by atoms with Crippen LogP contribution in [0.4, 0.5) is 11.4 Å². The van der Waals surface area contributed by atoms with Crippen molar-refractivity contribution < 1.29 is 10.0 Å². The highest BCUT2D eigenvalue weighted by molar-refractivity contribution is 6.18. The van der Waals surface area contributed by atoms with Gasteiger partial charge in [-0.2, -0.15) is 0 Å². The standard InChI is InChI=1S/C10H13ClN2O3/c1-7-2-3-9(10(4-7)13(15)16)12-6-8(14)5-11/h2-4,8,12,14H,5-6H2,1H3. The fraction of sp³-hybridized carbons (Fsp3) is 0.400. The van der Waals surface area contributed by atoms with Gasteiger partial charge in [0, 0.05) is 12.6 Å². The molecule has 5 nitrogen and oxygen atoms in total. The fourth-order valence-corrected chi connectivity index (χ4v) is 1.33. The zero-order valence-electron chi connectivity index (χ0n) is 8.81. The minimum Gasteiger partial charge on any atom is -0.390 e. The number of nitrogens with one attached hydrogen (secondary N) is 1. The number of aliphatic hydroxyl groups is 1. The molecule has 1 atom stereocenters. The Morgan fingerprint density at radius 2 is 2.31 bits per heavy atom. The van der Waals surface area contributed by atoms with Gasteiger partial charge in [0.1, 0.15) is 5.69 Å². The molecule has 0 heterocycles. The lowest BCUT2D eigenvalue weighted by Crippen LogP contribution is -2.21. The Morgan fingerprint density at radius 1 is 1.62 bits per heavy atom. The van der Waals surface area contributed by atoms with Gasteiger partial charge in [-0.25, -0.2) is 0 Å². The van der Waals surface area contributed by atoms with Crippen molar-refractivity contribution in [2.75, 3.05) is 17.7 Å². The van der Waals surface area contributed by atoms with Gasteiger partial charge in [-0.05, 0) is 18.6 Å². The summed E-state index contributed by atoms with van der Waals surface area (Å²) in [7, 11) is 0. The van der Waals surface area contributed by atoms with E-state index in [2.05, 4.69) is 5.32 Å². The molecule has 0 aliphatic heterocycles. The summed E-state index contributed by atoms with van der Waals surface area (Å²) < 4.78 is 0. The molecule has 6 heteroatoms. The molecule has 0 radical (unpaired) electrons. The zero-order valence-corrected chi connectivity index (χ0v) is 9.57. The summed E-state index contributed by atoms with van der Waals surface area (Å²) in [5.74, 6) is 0.0899. The van der Waals surface area contributed by atoms with Crippen LogP contribution in [0.15, 0.2) is 18.2 Å². The summed E-state index contributed by atoms with van der Waals surface area (Å²) in [6, 6.07) is 4.87. The molecule has 0 aliphatic rings. The molecule has 0 saturated carbocycles. The minimum atomic E-state index is -0.720. The molecular weight excluding hydrogens is 232 g/mol. The number of nitro benzene ring substituents is 1. The Balaban J connectivity index is 2.82. The van der Waals surface area contributed by atoms with Gasteiger partial charge in [-0.15, -0.1) is 11.6 Å². The Labute approximate surface area is 98.2 Å². The van der Waals surface area contributed by atoms with Crippen LogP contribution in [0.2, 0.25) is 0 Å². The second-order valence-electron chi connectivity index (χ2n) is 3.47. The molecule has 1 unspecified atom stereocenters. The predicted molar refractivity (Wildman–Crippen MR) is 63.0 cm³/mol. The van der Waals surface area contributed by atoms with Crippen LogP contribution in [0.1, 0.15) is 5.56 Å². The Kier molecular flexibility index (Phi) is 4.52. The fourth-order valence-electron chi connectivity index (χ4n) is 1.22. The summed E-state index contributed by atoms with van der Waals surface area (Å²) in [5.41, 5.74) is 1.21. The van der Waals surface area contributed by atoms with Crippen LogP contribution in [-0.4, -0.2) is 28.6 Å². The highest BCUT2D eigenvalue weighted by atomic mass is 35.5.